The molecule has 0 aliphatic carbocycles. The van der Waals surface area contributed by atoms with Gasteiger partial charge >= 0.3 is 0 Å². The summed E-state index contributed by atoms with van der Waals surface area (Å²) in [6.45, 7) is 0.476. The minimum atomic E-state index is -0.276. The number of halogens is 3. The third-order valence-electron chi connectivity index (χ3n) is 3.33. The number of aromatic nitrogens is 2. The van der Waals surface area contributed by atoms with Crippen molar-refractivity contribution in [1.82, 2.24) is 9.78 Å². The maximum atomic E-state index is 12.9. The molecule has 0 aliphatic rings. The van der Waals surface area contributed by atoms with E-state index in [9.17, 15) is 9.18 Å². The summed E-state index contributed by atoms with van der Waals surface area (Å²) in [5, 5.41) is 7.13. The second kappa shape index (κ2) is 7.27. The van der Waals surface area contributed by atoms with Crippen LogP contribution in [0.4, 0.5) is 10.2 Å². The van der Waals surface area contributed by atoms with E-state index < -0.39 is 0 Å². The topological polar surface area (TPSA) is 46.9 Å². The van der Waals surface area contributed by atoms with Crippen molar-refractivity contribution in [3.8, 4) is 0 Å². The van der Waals surface area contributed by atoms with Gasteiger partial charge in [0.15, 0.2) is 5.82 Å². The van der Waals surface area contributed by atoms with Crippen LogP contribution in [0.15, 0.2) is 63.7 Å². The van der Waals surface area contributed by atoms with Crippen molar-refractivity contribution in [1.29, 1.82) is 0 Å². The van der Waals surface area contributed by atoms with Gasteiger partial charge in [0.05, 0.1) is 16.6 Å². The Morgan fingerprint density at radius 2 is 1.79 bits per heavy atom. The van der Waals surface area contributed by atoms with Crippen molar-refractivity contribution in [2.24, 2.45) is 0 Å². The molecule has 122 valence electrons. The van der Waals surface area contributed by atoms with E-state index in [-0.39, 0.29) is 11.7 Å². The fourth-order valence-electron chi connectivity index (χ4n) is 2.16. The van der Waals surface area contributed by atoms with Gasteiger partial charge in [-0.2, -0.15) is 5.10 Å². The number of carbonyl (C=O) groups is 1. The molecule has 4 nitrogen and oxygen atoms in total. The Kier molecular flexibility index (Phi) is 5.11. The molecule has 1 aromatic heterocycles. The van der Waals surface area contributed by atoms with E-state index in [4.69, 9.17) is 0 Å². The normalized spacial score (nSPS) is 10.6. The third-order valence-corrected chi connectivity index (χ3v) is 4.60. The maximum Gasteiger partial charge on any atom is 0.258 e. The molecule has 1 heterocycles. The van der Waals surface area contributed by atoms with E-state index in [1.807, 2.05) is 6.07 Å². The number of benzene rings is 2. The highest BCUT2D eigenvalue weighted by Gasteiger charge is 2.14. The van der Waals surface area contributed by atoms with Crippen molar-refractivity contribution in [2.45, 2.75) is 6.54 Å². The predicted molar refractivity (Wildman–Crippen MR) is 97.5 cm³/mol. The lowest BCUT2D eigenvalue weighted by Crippen LogP contribution is -2.13. The first-order chi connectivity index (χ1) is 11.5. The molecule has 0 unspecified atom stereocenters. The molecule has 24 heavy (non-hydrogen) atoms. The molecule has 3 rings (SSSR count). The smallest absolute Gasteiger partial charge is 0.258 e. The summed E-state index contributed by atoms with van der Waals surface area (Å²) in [7, 11) is 0. The van der Waals surface area contributed by atoms with E-state index in [0.29, 0.717) is 26.9 Å². The third kappa shape index (κ3) is 3.91. The zero-order valence-electron chi connectivity index (χ0n) is 12.3. The number of anilines is 1. The van der Waals surface area contributed by atoms with Crippen LogP contribution in [0.2, 0.25) is 0 Å². The van der Waals surface area contributed by atoms with Gasteiger partial charge in [-0.25, -0.2) is 4.39 Å². The van der Waals surface area contributed by atoms with E-state index in [1.165, 1.54) is 12.1 Å². The molecule has 1 amide bonds. The molecular weight excluding hydrogens is 441 g/mol. The minimum Gasteiger partial charge on any atom is -0.304 e. The average Bonchev–Trinajstić information content (AvgIpc) is 2.89. The van der Waals surface area contributed by atoms with Gasteiger partial charge in [0.2, 0.25) is 0 Å². The molecule has 2 aromatic carbocycles. The van der Waals surface area contributed by atoms with Gasteiger partial charge in [0.25, 0.3) is 5.91 Å². The zero-order valence-corrected chi connectivity index (χ0v) is 15.5. The maximum absolute atomic E-state index is 12.9. The van der Waals surface area contributed by atoms with Gasteiger partial charge in [0.1, 0.15) is 5.82 Å². The molecule has 0 fully saturated rings. The van der Waals surface area contributed by atoms with Crippen molar-refractivity contribution in [3.63, 3.8) is 0 Å². The fraction of sp³-hybridized carbons (Fsp3) is 0.0588. The molecule has 0 saturated heterocycles. The van der Waals surface area contributed by atoms with Crippen molar-refractivity contribution >= 4 is 43.6 Å². The van der Waals surface area contributed by atoms with Gasteiger partial charge in [-0.1, -0.05) is 24.3 Å². The number of carbonyl (C=O) groups excluding carboxylic acids is 1. The van der Waals surface area contributed by atoms with Crippen LogP contribution in [-0.2, 0) is 6.54 Å². The highest BCUT2D eigenvalue weighted by atomic mass is 79.9. The molecule has 0 spiro atoms. The van der Waals surface area contributed by atoms with E-state index >= 15 is 0 Å². The summed E-state index contributed by atoms with van der Waals surface area (Å²) < 4.78 is 16.0. The first-order valence-electron chi connectivity index (χ1n) is 7.06. The monoisotopic (exact) mass is 451 g/mol. The standard InChI is InChI=1S/C17H12Br2FN3O/c18-14-4-2-1-3-13(14)17(24)21-16-15(19)10-23(22-16)9-11-5-7-12(20)8-6-11/h1-8,10H,9H2,(H,21,22,24). The van der Waals surface area contributed by atoms with Gasteiger partial charge < -0.3 is 5.32 Å². The van der Waals surface area contributed by atoms with E-state index in [2.05, 4.69) is 42.3 Å². The van der Waals surface area contributed by atoms with Gasteiger partial charge in [-0.05, 0) is 61.7 Å². The van der Waals surface area contributed by atoms with Crippen LogP contribution < -0.4 is 5.32 Å². The molecule has 0 radical (unpaired) electrons. The Hall–Kier alpha value is -1.99. The largest absolute Gasteiger partial charge is 0.304 e. The molecule has 7 heteroatoms. The number of rotatable bonds is 4. The summed E-state index contributed by atoms with van der Waals surface area (Å²) in [5.41, 5.74) is 1.44. The fourth-order valence-corrected chi connectivity index (χ4v) is 3.04. The van der Waals surface area contributed by atoms with Crippen LogP contribution in [0.5, 0.6) is 0 Å². The molecule has 0 aliphatic heterocycles. The summed E-state index contributed by atoms with van der Waals surface area (Å²) in [5.74, 6) is -0.102. The quantitative estimate of drug-likeness (QED) is 0.615. The van der Waals surface area contributed by atoms with Crippen molar-refractivity contribution in [3.05, 3.63) is 80.6 Å². The van der Waals surface area contributed by atoms with Gasteiger partial charge in [-0.15, -0.1) is 0 Å². The number of nitrogens with zero attached hydrogens (tertiary/aromatic N) is 2. The first kappa shape index (κ1) is 16.9. The SMILES string of the molecule is O=C(Nc1nn(Cc2ccc(F)cc2)cc1Br)c1ccccc1Br. The molecule has 1 N–H and O–H groups in total. The van der Waals surface area contributed by atoms with Crippen LogP contribution in [0.1, 0.15) is 15.9 Å². The lowest BCUT2D eigenvalue weighted by molar-refractivity contribution is 0.102. The highest BCUT2D eigenvalue weighted by molar-refractivity contribution is 9.11. The molecular formula is C17H12Br2FN3O. The zero-order chi connectivity index (χ0) is 17.1. The lowest BCUT2D eigenvalue weighted by Gasteiger charge is -2.05. The van der Waals surface area contributed by atoms with Gasteiger partial charge in [-0.3, -0.25) is 9.48 Å². The Labute approximate surface area is 154 Å². The molecule has 0 atom stereocenters. The number of amides is 1. The van der Waals surface area contributed by atoms with Crippen LogP contribution in [0, 0.1) is 5.82 Å². The van der Waals surface area contributed by atoms with Crippen molar-refractivity contribution < 1.29 is 9.18 Å². The second-order valence-corrected chi connectivity index (χ2v) is 6.79. The summed E-state index contributed by atoms with van der Waals surface area (Å²) in [6, 6.07) is 13.4. The van der Waals surface area contributed by atoms with E-state index in [0.717, 1.165) is 5.56 Å². The Morgan fingerprint density at radius 1 is 1.08 bits per heavy atom. The summed E-state index contributed by atoms with van der Waals surface area (Å²) in [6.07, 6.45) is 1.76. The number of nitrogens with one attached hydrogen (secondary N) is 1. The average molecular weight is 453 g/mol. The Morgan fingerprint density at radius 3 is 2.50 bits per heavy atom. The minimum absolute atomic E-state index is 0.254. The second-order valence-electron chi connectivity index (χ2n) is 5.08. The van der Waals surface area contributed by atoms with Crippen LogP contribution in [0.25, 0.3) is 0 Å². The first-order valence-corrected chi connectivity index (χ1v) is 8.65. The Bertz CT molecular complexity index is 878. The van der Waals surface area contributed by atoms with E-state index in [1.54, 1.807) is 41.2 Å². The molecule has 0 bridgehead atoms. The molecule has 0 saturated carbocycles. The number of hydrogen-bond acceptors (Lipinski definition) is 2. The number of hydrogen-bond donors (Lipinski definition) is 1. The van der Waals surface area contributed by atoms with Crippen LogP contribution in [0.3, 0.4) is 0 Å². The van der Waals surface area contributed by atoms with Crippen LogP contribution in [-0.4, -0.2) is 15.7 Å². The highest BCUT2D eigenvalue weighted by Crippen LogP contribution is 2.23. The van der Waals surface area contributed by atoms with Crippen molar-refractivity contribution in [2.75, 3.05) is 5.32 Å². The predicted octanol–water partition coefficient (Wildman–Crippen LogP) is 4.85. The molecule has 3 aromatic rings. The Balaban J connectivity index is 1.75. The summed E-state index contributed by atoms with van der Waals surface area (Å²) >= 11 is 6.75. The van der Waals surface area contributed by atoms with Crippen LogP contribution >= 0.6 is 31.9 Å². The van der Waals surface area contributed by atoms with Gasteiger partial charge in [0, 0.05) is 10.7 Å². The lowest BCUT2D eigenvalue weighted by atomic mass is 10.2. The summed E-state index contributed by atoms with van der Waals surface area (Å²) in [4.78, 5) is 12.3.